The van der Waals surface area contributed by atoms with Crippen molar-refractivity contribution in [2.24, 2.45) is 5.92 Å². The van der Waals surface area contributed by atoms with Gasteiger partial charge in [-0.15, -0.1) is 0 Å². The second-order valence-corrected chi connectivity index (χ2v) is 7.28. The first-order valence-electron chi connectivity index (χ1n) is 6.80. The van der Waals surface area contributed by atoms with Gasteiger partial charge in [-0.05, 0) is 17.2 Å². The molecule has 0 bridgehead atoms. The monoisotopic (exact) mass is 328 g/mol. The van der Waals surface area contributed by atoms with Crippen LogP contribution in [-0.4, -0.2) is 36.6 Å². The molecule has 0 N–H and O–H groups in total. The zero-order chi connectivity index (χ0) is 16.8. The zero-order valence-electron chi connectivity index (χ0n) is 12.1. The highest BCUT2D eigenvalue weighted by Gasteiger charge is 2.48. The molecule has 0 amide bonds. The highest BCUT2D eigenvalue weighted by molar-refractivity contribution is 7.88. The Balaban J connectivity index is 2.21. The van der Waals surface area contributed by atoms with E-state index in [1.165, 1.54) is 12.3 Å². The van der Waals surface area contributed by atoms with E-state index < -0.39 is 33.5 Å². The van der Waals surface area contributed by atoms with Gasteiger partial charge in [0.1, 0.15) is 11.6 Å². The van der Waals surface area contributed by atoms with Crippen molar-refractivity contribution in [1.29, 1.82) is 5.26 Å². The molecule has 1 aliphatic heterocycles. The number of carbonyl (C=O) groups excluding carboxylic acids is 2. The summed E-state index contributed by atoms with van der Waals surface area (Å²) in [6.07, 6.45) is 3.67. The van der Waals surface area contributed by atoms with Crippen molar-refractivity contribution < 1.29 is 18.0 Å². The average molecular weight is 328 g/mol. The number of nitrogens with zero attached hydrogens (tertiary/aromatic N) is 2. The number of Topliss-reactive ketones (excluding diaryl/α,β-unsaturated/α-hetero) is 2. The fourth-order valence-electron chi connectivity index (χ4n) is 2.91. The second kappa shape index (κ2) is 5.18. The van der Waals surface area contributed by atoms with Crippen LogP contribution >= 0.6 is 0 Å². The van der Waals surface area contributed by atoms with Gasteiger partial charge in [0, 0.05) is 6.20 Å². The molecule has 2 atom stereocenters. The first-order valence-corrected chi connectivity index (χ1v) is 8.65. The molecule has 23 heavy (non-hydrogen) atoms. The maximum atomic E-state index is 12.4. The number of benzene rings is 1. The van der Waals surface area contributed by atoms with Gasteiger partial charge in [0.05, 0.1) is 18.2 Å². The summed E-state index contributed by atoms with van der Waals surface area (Å²) >= 11 is 0. The Morgan fingerprint density at radius 2 is 1.83 bits per heavy atom. The first-order chi connectivity index (χ1) is 10.8. The molecular formula is C16H12N2O4S. The lowest BCUT2D eigenvalue weighted by Gasteiger charge is -2.28. The van der Waals surface area contributed by atoms with Gasteiger partial charge in [-0.25, -0.2) is 8.42 Å². The van der Waals surface area contributed by atoms with E-state index in [4.69, 9.17) is 5.26 Å². The summed E-state index contributed by atoms with van der Waals surface area (Å²) in [6, 6.07) is 9.61. The lowest BCUT2D eigenvalue weighted by molar-refractivity contribution is -0.136. The highest BCUT2D eigenvalue weighted by Crippen LogP contribution is 2.41. The molecule has 0 aromatic heterocycles. The van der Waals surface area contributed by atoms with Crippen LogP contribution < -0.4 is 0 Å². The van der Waals surface area contributed by atoms with Gasteiger partial charge in [0.15, 0.2) is 0 Å². The highest BCUT2D eigenvalue weighted by atomic mass is 32.2. The number of carbonyl (C=O) groups is 2. The van der Waals surface area contributed by atoms with E-state index in [1.54, 1.807) is 36.4 Å². The van der Waals surface area contributed by atoms with Crippen molar-refractivity contribution in [2.75, 3.05) is 6.26 Å². The normalized spacial score (nSPS) is 23.9. The lowest BCUT2D eigenvalue weighted by atomic mass is 9.79. The van der Waals surface area contributed by atoms with Crippen molar-refractivity contribution in [3.63, 3.8) is 0 Å². The first kappa shape index (κ1) is 15.2. The van der Waals surface area contributed by atoms with E-state index >= 15 is 0 Å². The maximum absolute atomic E-state index is 12.4. The third kappa shape index (κ3) is 2.37. The number of fused-ring (bicyclic) bond motifs is 1. The van der Waals surface area contributed by atoms with Crippen LogP contribution in [0.2, 0.25) is 0 Å². The molecular weight excluding hydrogens is 316 g/mol. The quantitative estimate of drug-likeness (QED) is 0.751. The van der Waals surface area contributed by atoms with E-state index in [-0.39, 0.29) is 5.57 Å². The van der Waals surface area contributed by atoms with Crippen molar-refractivity contribution in [3.8, 4) is 6.07 Å². The number of nitriles is 1. The van der Waals surface area contributed by atoms with Crippen molar-refractivity contribution in [1.82, 2.24) is 4.31 Å². The molecule has 7 heteroatoms. The summed E-state index contributed by atoms with van der Waals surface area (Å²) in [5.74, 6) is -2.54. The molecule has 3 rings (SSSR count). The second-order valence-electron chi connectivity index (χ2n) is 5.40. The van der Waals surface area contributed by atoms with Crippen LogP contribution in [0.4, 0.5) is 0 Å². The SMILES string of the molecule is CS(=O)(=O)N1C=C(c2ccccc2)C2C(=O)C(=O)C(C#N)=CC21. The molecule has 0 saturated carbocycles. The van der Waals surface area contributed by atoms with Crippen LogP contribution in [0.15, 0.2) is 48.2 Å². The van der Waals surface area contributed by atoms with Crippen LogP contribution in [0.5, 0.6) is 0 Å². The Bertz CT molecular complexity index is 907. The fraction of sp³-hybridized carbons (Fsp3) is 0.188. The minimum atomic E-state index is -3.65. The summed E-state index contributed by atoms with van der Waals surface area (Å²) in [7, 11) is -3.65. The molecule has 1 heterocycles. The van der Waals surface area contributed by atoms with Crippen LogP contribution in [0.1, 0.15) is 5.56 Å². The van der Waals surface area contributed by atoms with E-state index in [0.29, 0.717) is 11.1 Å². The van der Waals surface area contributed by atoms with Crippen molar-refractivity contribution in [2.45, 2.75) is 6.04 Å². The summed E-state index contributed by atoms with van der Waals surface area (Å²) in [5, 5.41) is 8.99. The molecule has 1 aliphatic carbocycles. The van der Waals surface area contributed by atoms with Crippen LogP contribution in [0, 0.1) is 17.2 Å². The molecule has 0 saturated heterocycles. The Morgan fingerprint density at radius 1 is 1.17 bits per heavy atom. The minimum Gasteiger partial charge on any atom is -0.290 e. The van der Waals surface area contributed by atoms with Gasteiger partial charge < -0.3 is 0 Å². The average Bonchev–Trinajstić information content (AvgIpc) is 2.91. The number of allylic oxidation sites excluding steroid dienone is 1. The van der Waals surface area contributed by atoms with Crippen molar-refractivity contribution in [3.05, 3.63) is 53.7 Å². The van der Waals surface area contributed by atoms with Gasteiger partial charge in [-0.2, -0.15) is 5.26 Å². The summed E-state index contributed by atoms with van der Waals surface area (Å²) in [4.78, 5) is 24.4. The molecule has 116 valence electrons. The summed E-state index contributed by atoms with van der Waals surface area (Å²) < 4.78 is 25.1. The topological polar surface area (TPSA) is 95.3 Å². The molecule has 2 unspecified atom stereocenters. The Kier molecular flexibility index (Phi) is 3.42. The van der Waals surface area contributed by atoms with E-state index in [9.17, 15) is 18.0 Å². The Morgan fingerprint density at radius 3 is 2.39 bits per heavy atom. The Hall–Kier alpha value is -2.72. The standard InChI is InChI=1S/C16H12N2O4S/c1-23(21,22)18-9-12(10-5-3-2-4-6-10)14-13(18)7-11(8-17)15(19)16(14)20/h2-7,9,13-14H,1H3. The molecule has 1 aromatic carbocycles. The van der Waals surface area contributed by atoms with Crippen LogP contribution in [0.3, 0.4) is 0 Å². The third-order valence-corrected chi connectivity index (χ3v) is 5.05. The van der Waals surface area contributed by atoms with Crippen molar-refractivity contribution >= 4 is 27.2 Å². The molecule has 2 aliphatic rings. The molecule has 0 spiro atoms. The van der Waals surface area contributed by atoms with E-state index in [1.807, 2.05) is 0 Å². The van der Waals surface area contributed by atoms with Gasteiger partial charge in [0.2, 0.25) is 21.6 Å². The zero-order valence-corrected chi connectivity index (χ0v) is 12.9. The van der Waals surface area contributed by atoms with Gasteiger partial charge in [0.25, 0.3) is 0 Å². The number of sulfonamides is 1. The van der Waals surface area contributed by atoms with Gasteiger partial charge in [-0.1, -0.05) is 30.3 Å². The van der Waals surface area contributed by atoms with E-state index in [2.05, 4.69) is 0 Å². The summed E-state index contributed by atoms with van der Waals surface area (Å²) in [6.45, 7) is 0. The number of rotatable bonds is 2. The number of hydrogen-bond donors (Lipinski definition) is 0. The predicted molar refractivity (Wildman–Crippen MR) is 82.1 cm³/mol. The largest absolute Gasteiger partial charge is 0.290 e. The number of ketones is 2. The van der Waals surface area contributed by atoms with Gasteiger partial charge >= 0.3 is 0 Å². The summed E-state index contributed by atoms with van der Waals surface area (Å²) in [5.41, 5.74) is 0.823. The predicted octanol–water partition coefficient (Wildman–Crippen LogP) is 0.889. The molecule has 1 aromatic rings. The molecule has 0 radical (unpaired) electrons. The van der Waals surface area contributed by atoms with Crippen LogP contribution in [-0.2, 0) is 19.6 Å². The molecule has 0 fully saturated rings. The van der Waals surface area contributed by atoms with E-state index in [0.717, 1.165) is 10.6 Å². The smallest absolute Gasteiger partial charge is 0.239 e. The fourth-order valence-corrected chi connectivity index (χ4v) is 3.84. The number of hydrogen-bond acceptors (Lipinski definition) is 5. The molecule has 6 nitrogen and oxygen atoms in total. The lowest BCUT2D eigenvalue weighted by Crippen LogP contribution is -2.43. The van der Waals surface area contributed by atoms with Gasteiger partial charge in [-0.3, -0.25) is 13.9 Å². The maximum Gasteiger partial charge on any atom is 0.239 e. The third-order valence-electron chi connectivity index (χ3n) is 3.94. The minimum absolute atomic E-state index is 0.312. The van der Waals surface area contributed by atoms with Crippen LogP contribution in [0.25, 0.3) is 5.57 Å². The Labute approximate surface area is 133 Å².